The monoisotopic (exact) mass is 446 g/mol. The largest absolute Gasteiger partial charge is 0.384 e. The molecule has 2 atom stereocenters. The normalized spacial score (nSPS) is 19.2. The molecule has 9 heteroatoms. The Morgan fingerprint density at radius 3 is 2.62 bits per heavy atom. The highest BCUT2D eigenvalue weighted by atomic mass is 19.1. The smallest absolute Gasteiger partial charge is 0.246 e. The zero-order valence-electron chi connectivity index (χ0n) is 18.5. The summed E-state index contributed by atoms with van der Waals surface area (Å²) in [5.41, 5.74) is 3.16. The summed E-state index contributed by atoms with van der Waals surface area (Å²) >= 11 is 0. The van der Waals surface area contributed by atoms with E-state index in [1.165, 1.54) is 23.1 Å². The lowest BCUT2D eigenvalue weighted by Crippen LogP contribution is -2.48. The van der Waals surface area contributed by atoms with Gasteiger partial charge in [0, 0.05) is 46.0 Å². The Bertz CT molecular complexity index is 1060. The molecule has 4 rings (SSSR count). The van der Waals surface area contributed by atoms with E-state index in [1.807, 2.05) is 19.1 Å². The fourth-order valence-corrected chi connectivity index (χ4v) is 3.83. The highest BCUT2D eigenvalue weighted by Crippen LogP contribution is 2.22. The third-order valence-electron chi connectivity index (χ3n) is 5.40. The SMILES string of the molecule is Cc1cc(NCCN2CC(C)OCC2C)cc(Nc2ncn(-c3cc(F)cc(F)c3)n2)c1.[HH].[HH]. The van der Waals surface area contributed by atoms with E-state index in [0.29, 0.717) is 12.0 Å². The number of morpholine rings is 1. The van der Waals surface area contributed by atoms with Crippen LogP contribution in [-0.4, -0.2) is 58.1 Å². The maximum Gasteiger partial charge on any atom is 0.246 e. The fourth-order valence-electron chi connectivity index (χ4n) is 3.83. The molecule has 0 saturated carbocycles. The first-order valence-corrected chi connectivity index (χ1v) is 10.7. The summed E-state index contributed by atoms with van der Waals surface area (Å²) in [6, 6.07) is 9.69. The Labute approximate surface area is 189 Å². The topological polar surface area (TPSA) is 67.2 Å². The van der Waals surface area contributed by atoms with Crippen molar-refractivity contribution >= 4 is 17.3 Å². The molecule has 2 heterocycles. The highest BCUT2D eigenvalue weighted by Gasteiger charge is 2.22. The van der Waals surface area contributed by atoms with Gasteiger partial charge >= 0.3 is 0 Å². The highest BCUT2D eigenvalue weighted by molar-refractivity contribution is 5.63. The molecule has 2 unspecified atom stereocenters. The number of halogens is 2. The van der Waals surface area contributed by atoms with Gasteiger partial charge in [-0.3, -0.25) is 4.90 Å². The molecule has 1 aromatic heterocycles. The van der Waals surface area contributed by atoms with Crippen molar-refractivity contribution in [2.75, 3.05) is 36.9 Å². The van der Waals surface area contributed by atoms with Gasteiger partial charge in [-0.05, 0) is 56.7 Å². The molecular formula is C23H32F2N6O. The van der Waals surface area contributed by atoms with Crippen LogP contribution in [0.1, 0.15) is 22.3 Å². The van der Waals surface area contributed by atoms with Gasteiger partial charge in [-0.15, -0.1) is 5.10 Å². The molecule has 1 aliphatic heterocycles. The molecule has 2 aromatic carbocycles. The van der Waals surface area contributed by atoms with Gasteiger partial charge in [0.25, 0.3) is 0 Å². The molecule has 3 aromatic rings. The fraction of sp³-hybridized carbons (Fsp3) is 0.391. The zero-order valence-corrected chi connectivity index (χ0v) is 18.5. The van der Waals surface area contributed by atoms with Crippen LogP contribution < -0.4 is 10.6 Å². The number of nitrogens with zero attached hydrogens (tertiary/aromatic N) is 4. The lowest BCUT2D eigenvalue weighted by molar-refractivity contribution is -0.0476. The van der Waals surface area contributed by atoms with Crippen LogP contribution in [0.2, 0.25) is 0 Å². The molecule has 1 aliphatic rings. The third kappa shape index (κ3) is 5.60. The first-order valence-electron chi connectivity index (χ1n) is 10.7. The number of ether oxygens (including phenoxy) is 1. The maximum absolute atomic E-state index is 13.5. The van der Waals surface area contributed by atoms with E-state index < -0.39 is 11.6 Å². The summed E-state index contributed by atoms with van der Waals surface area (Å²) in [4.78, 5) is 6.63. The van der Waals surface area contributed by atoms with Crippen molar-refractivity contribution in [1.29, 1.82) is 0 Å². The van der Waals surface area contributed by atoms with Crippen molar-refractivity contribution in [3.63, 3.8) is 0 Å². The molecule has 0 radical (unpaired) electrons. The minimum atomic E-state index is -0.666. The summed E-state index contributed by atoms with van der Waals surface area (Å²) in [7, 11) is 0. The Morgan fingerprint density at radius 1 is 1.09 bits per heavy atom. The molecule has 0 bridgehead atoms. The molecule has 0 aliphatic carbocycles. The number of hydrogen-bond donors (Lipinski definition) is 2. The predicted octanol–water partition coefficient (Wildman–Crippen LogP) is 4.61. The van der Waals surface area contributed by atoms with Crippen molar-refractivity contribution in [1.82, 2.24) is 19.7 Å². The molecule has 0 amide bonds. The minimum Gasteiger partial charge on any atom is -0.384 e. The van der Waals surface area contributed by atoms with Gasteiger partial charge in [-0.2, -0.15) is 4.98 Å². The van der Waals surface area contributed by atoms with E-state index in [1.54, 1.807) is 0 Å². The van der Waals surface area contributed by atoms with Crippen molar-refractivity contribution in [2.24, 2.45) is 0 Å². The van der Waals surface area contributed by atoms with Crippen LogP contribution in [0.15, 0.2) is 42.7 Å². The van der Waals surface area contributed by atoms with E-state index in [0.717, 1.165) is 49.2 Å². The lowest BCUT2D eigenvalue weighted by atomic mass is 10.2. The summed E-state index contributed by atoms with van der Waals surface area (Å²) in [5.74, 6) is -0.997. The van der Waals surface area contributed by atoms with Gasteiger partial charge in [0.1, 0.15) is 18.0 Å². The zero-order chi connectivity index (χ0) is 22.7. The van der Waals surface area contributed by atoms with E-state index in [9.17, 15) is 8.78 Å². The molecular weight excluding hydrogens is 414 g/mol. The number of nitrogens with one attached hydrogen (secondary N) is 2. The second-order valence-electron chi connectivity index (χ2n) is 8.27. The number of benzene rings is 2. The average Bonchev–Trinajstić information content (AvgIpc) is 3.18. The first kappa shape index (κ1) is 22.2. The molecule has 1 fully saturated rings. The third-order valence-corrected chi connectivity index (χ3v) is 5.40. The van der Waals surface area contributed by atoms with Gasteiger partial charge in [-0.25, -0.2) is 13.5 Å². The van der Waals surface area contributed by atoms with Crippen LogP contribution in [0, 0.1) is 18.6 Å². The average molecular weight is 447 g/mol. The Kier molecular flexibility index (Phi) is 6.66. The Morgan fingerprint density at radius 2 is 1.84 bits per heavy atom. The number of aryl methyl sites for hydroxylation is 1. The van der Waals surface area contributed by atoms with Crippen molar-refractivity contribution in [3.05, 3.63) is 59.9 Å². The molecule has 0 spiro atoms. The number of aromatic nitrogens is 3. The van der Waals surface area contributed by atoms with Gasteiger partial charge in [0.2, 0.25) is 5.95 Å². The summed E-state index contributed by atoms with van der Waals surface area (Å²) in [6.45, 7) is 9.76. The van der Waals surface area contributed by atoms with Crippen LogP contribution >= 0.6 is 0 Å². The van der Waals surface area contributed by atoms with Crippen molar-refractivity contribution in [2.45, 2.75) is 32.9 Å². The van der Waals surface area contributed by atoms with Crippen molar-refractivity contribution in [3.8, 4) is 5.69 Å². The number of rotatable bonds is 7. The Hall–Kier alpha value is -3.04. The minimum absolute atomic E-state index is 0. The predicted molar refractivity (Wildman–Crippen MR) is 125 cm³/mol. The molecule has 2 N–H and O–H groups in total. The van der Waals surface area contributed by atoms with Crippen molar-refractivity contribution < 1.29 is 16.4 Å². The number of hydrogen-bond acceptors (Lipinski definition) is 6. The van der Waals surface area contributed by atoms with Crippen LogP contribution in [0.25, 0.3) is 5.69 Å². The summed E-state index contributed by atoms with van der Waals surface area (Å²) < 4.78 is 34.0. The second-order valence-corrected chi connectivity index (χ2v) is 8.27. The molecule has 7 nitrogen and oxygen atoms in total. The second kappa shape index (κ2) is 9.62. The van der Waals surface area contributed by atoms with Gasteiger partial charge < -0.3 is 15.4 Å². The summed E-state index contributed by atoms with van der Waals surface area (Å²) in [5, 5.41) is 10.9. The summed E-state index contributed by atoms with van der Waals surface area (Å²) in [6.07, 6.45) is 1.67. The number of anilines is 3. The first-order chi connectivity index (χ1) is 15.4. The Balaban J connectivity index is 0.00000204. The standard InChI is InChI=1S/C23H28F2N6O.2H2/c1-15-6-20(26-4-5-30-12-17(3)32-13-16(30)2)11-21(7-15)28-23-27-14-31(29-23)22-9-18(24)8-19(25)10-22;;/h6-11,14,16-17,26H,4-5,12-13H2,1-3H3,(H,28,29);2*1H. The van der Waals surface area contributed by atoms with E-state index in [4.69, 9.17) is 4.74 Å². The molecule has 32 heavy (non-hydrogen) atoms. The maximum atomic E-state index is 13.5. The lowest BCUT2D eigenvalue weighted by Gasteiger charge is -2.36. The van der Waals surface area contributed by atoms with Gasteiger partial charge in [-0.1, -0.05) is 0 Å². The van der Waals surface area contributed by atoms with E-state index in [2.05, 4.69) is 45.5 Å². The molecule has 1 saturated heterocycles. The van der Waals surface area contributed by atoms with E-state index in [-0.39, 0.29) is 14.6 Å². The van der Waals surface area contributed by atoms with Crippen LogP contribution in [0.5, 0.6) is 0 Å². The van der Waals surface area contributed by atoms with Crippen LogP contribution in [0.4, 0.5) is 26.1 Å². The van der Waals surface area contributed by atoms with Gasteiger partial charge in [0.15, 0.2) is 0 Å². The molecule has 174 valence electrons. The van der Waals surface area contributed by atoms with E-state index >= 15 is 0 Å². The van der Waals surface area contributed by atoms with Gasteiger partial charge in [0.05, 0.1) is 18.4 Å². The quantitative estimate of drug-likeness (QED) is 0.553. The van der Waals surface area contributed by atoms with Crippen LogP contribution in [0.3, 0.4) is 0 Å². The van der Waals surface area contributed by atoms with Crippen LogP contribution in [-0.2, 0) is 4.74 Å².